The number of benzene rings is 2. The number of carbonyl (C=O) groups excluding carboxylic acids is 1. The average molecular weight is 447 g/mol. The van der Waals surface area contributed by atoms with E-state index in [9.17, 15) is 18.0 Å². The highest BCUT2D eigenvalue weighted by Gasteiger charge is 2.29. The normalized spacial score (nSPS) is 12.5. The van der Waals surface area contributed by atoms with E-state index in [1.807, 2.05) is 18.2 Å². The smallest absolute Gasteiger partial charge is 0.322 e. The van der Waals surface area contributed by atoms with Gasteiger partial charge in [0.05, 0.1) is 5.56 Å². The number of anilines is 1. The van der Waals surface area contributed by atoms with Gasteiger partial charge in [-0.25, -0.2) is 0 Å². The van der Waals surface area contributed by atoms with Crippen molar-refractivity contribution in [3.8, 4) is 0 Å². The summed E-state index contributed by atoms with van der Waals surface area (Å²) in [6, 6.07) is 12.1. The van der Waals surface area contributed by atoms with Crippen molar-refractivity contribution in [2.45, 2.75) is 6.18 Å². The lowest BCUT2D eigenvalue weighted by molar-refractivity contribution is -0.137. The Kier molecular flexibility index (Phi) is 5.94. The second-order valence-corrected chi connectivity index (χ2v) is 6.69. The molecule has 3 aromatic rings. The van der Waals surface area contributed by atoms with Gasteiger partial charge >= 0.3 is 6.18 Å². The van der Waals surface area contributed by atoms with Crippen molar-refractivity contribution in [2.24, 2.45) is 0 Å². The number of alkyl halides is 3. The minimum atomic E-state index is -4.37. The second-order valence-electron chi connectivity index (χ2n) is 5.84. The van der Waals surface area contributed by atoms with Crippen LogP contribution in [0.15, 0.2) is 79.2 Å². The third kappa shape index (κ3) is 4.86. The molecule has 3 rings (SSSR count). The molecule has 0 radical (unpaired) electrons. The molecule has 2 aromatic carbocycles. The van der Waals surface area contributed by atoms with Gasteiger partial charge in [-0.05, 0) is 35.9 Å². The summed E-state index contributed by atoms with van der Waals surface area (Å²) >= 11 is 3.30. The zero-order chi connectivity index (χ0) is 20.1. The lowest BCUT2D eigenvalue weighted by Crippen LogP contribution is -2.08. The van der Waals surface area contributed by atoms with Gasteiger partial charge in [0.15, 0.2) is 0 Å². The molecule has 0 saturated heterocycles. The molecule has 0 atom stereocenters. The van der Waals surface area contributed by atoms with E-state index >= 15 is 0 Å². The number of nitrogens with one attached hydrogen (secondary N) is 1. The summed E-state index contributed by atoms with van der Waals surface area (Å²) in [6.07, 6.45) is 3.44. The van der Waals surface area contributed by atoms with Crippen molar-refractivity contribution in [2.75, 3.05) is 5.32 Å². The Morgan fingerprint density at radius 2 is 1.82 bits per heavy atom. The molecule has 7 heteroatoms. The maximum Gasteiger partial charge on any atom is 0.416 e. The lowest BCUT2D eigenvalue weighted by atomic mass is 10.1. The van der Waals surface area contributed by atoms with Crippen LogP contribution in [0.3, 0.4) is 0 Å². The minimum absolute atomic E-state index is 0.326. The van der Waals surface area contributed by atoms with Crippen LogP contribution in [0.25, 0.3) is 15.3 Å². The van der Waals surface area contributed by atoms with Crippen LogP contribution in [0.1, 0.15) is 11.1 Å². The fourth-order valence-electron chi connectivity index (χ4n) is 2.54. The van der Waals surface area contributed by atoms with Crippen molar-refractivity contribution < 1.29 is 18.0 Å². The van der Waals surface area contributed by atoms with Crippen molar-refractivity contribution >= 4 is 42.8 Å². The van der Waals surface area contributed by atoms with Crippen LogP contribution in [-0.4, -0.2) is 10.9 Å². The molecule has 0 unspecified atom stereocenters. The summed E-state index contributed by atoms with van der Waals surface area (Å²) in [7, 11) is 0. The summed E-state index contributed by atoms with van der Waals surface area (Å²) < 4.78 is 38.4. The molecule has 1 amide bonds. The van der Waals surface area contributed by atoms with Gasteiger partial charge in [-0.3, -0.25) is 9.78 Å². The zero-order valence-corrected chi connectivity index (χ0v) is 16.0. The maximum atomic E-state index is 12.6. The molecule has 1 heterocycles. The highest BCUT2D eigenvalue weighted by atomic mass is 79.9. The van der Waals surface area contributed by atoms with E-state index in [1.165, 1.54) is 24.3 Å². The quantitative estimate of drug-likeness (QED) is 0.383. The first-order valence-electron chi connectivity index (χ1n) is 8.20. The molecular weight excluding hydrogens is 433 g/mol. The molecule has 1 aromatic heterocycles. The second kappa shape index (κ2) is 8.39. The molecule has 0 aliphatic carbocycles. The predicted octanol–water partition coefficient (Wildman–Crippen LogP) is 6.18. The summed E-state index contributed by atoms with van der Waals surface area (Å²) in [5.41, 5.74) is 0.525. The first-order valence-corrected chi connectivity index (χ1v) is 8.99. The number of amides is 1. The van der Waals surface area contributed by atoms with Gasteiger partial charge in [-0.1, -0.05) is 46.3 Å². The van der Waals surface area contributed by atoms with Gasteiger partial charge in [0, 0.05) is 39.4 Å². The van der Waals surface area contributed by atoms with Crippen LogP contribution < -0.4 is 5.32 Å². The van der Waals surface area contributed by atoms with Crippen LogP contribution in [0.5, 0.6) is 0 Å². The fraction of sp³-hybridized carbons (Fsp3) is 0.0476. The lowest BCUT2D eigenvalue weighted by Gasteiger charge is -2.07. The molecule has 0 saturated carbocycles. The number of fused-ring (bicyclic) bond motifs is 1. The van der Waals surface area contributed by atoms with Crippen LogP contribution in [-0.2, 0) is 11.0 Å². The Bertz CT molecular complexity index is 1050. The van der Waals surface area contributed by atoms with Crippen LogP contribution in [0, 0.1) is 0 Å². The number of carbonyl (C=O) groups is 1. The highest BCUT2D eigenvalue weighted by Crippen LogP contribution is 2.31. The molecule has 142 valence electrons. The Balaban J connectivity index is 1.68. The first-order chi connectivity index (χ1) is 13.3. The fourth-order valence-corrected chi connectivity index (χ4v) is 2.96. The molecule has 1 N–H and O–H groups in total. The summed E-state index contributed by atoms with van der Waals surface area (Å²) in [5, 5.41) is 4.59. The number of hydrogen-bond acceptors (Lipinski definition) is 2. The minimum Gasteiger partial charge on any atom is -0.322 e. The Hall–Kier alpha value is -2.93. The molecule has 3 nitrogen and oxygen atoms in total. The molecule has 28 heavy (non-hydrogen) atoms. The Labute approximate surface area is 167 Å². The van der Waals surface area contributed by atoms with Gasteiger partial charge in [0.2, 0.25) is 5.91 Å². The van der Waals surface area contributed by atoms with Crippen molar-refractivity contribution in [3.63, 3.8) is 0 Å². The largest absolute Gasteiger partial charge is 0.416 e. The number of rotatable bonds is 4. The van der Waals surface area contributed by atoms with Gasteiger partial charge in [-0.15, -0.1) is 0 Å². The average Bonchev–Trinajstić information content (AvgIpc) is 2.67. The number of allylic oxidation sites excluding steroid dienone is 2. The van der Waals surface area contributed by atoms with Crippen molar-refractivity contribution in [3.05, 3.63) is 90.3 Å². The summed E-state index contributed by atoms with van der Waals surface area (Å²) in [5.74, 6) is -0.326. The number of aromatic nitrogens is 1. The standard InChI is InChI=1S/C21H14BrF3N2O/c22-18(14-7-9-16(10-8-14)21(23,24)25)4-2-6-20(28)27-19-5-1-3-15-13-26-12-11-17(15)19/h1-13H,(H,27,28)/b6-2+,18-4-. The number of hydrogen-bond donors (Lipinski definition) is 1. The van der Waals surface area contributed by atoms with Gasteiger partial charge in [-0.2, -0.15) is 13.2 Å². The van der Waals surface area contributed by atoms with Crippen LogP contribution >= 0.6 is 15.9 Å². The van der Waals surface area contributed by atoms with E-state index in [4.69, 9.17) is 0 Å². The summed E-state index contributed by atoms with van der Waals surface area (Å²) in [6.45, 7) is 0. The van der Waals surface area contributed by atoms with Gasteiger partial charge in [0.1, 0.15) is 0 Å². The topological polar surface area (TPSA) is 42.0 Å². The van der Waals surface area contributed by atoms with E-state index in [2.05, 4.69) is 26.2 Å². The molecular formula is C21H14BrF3N2O. The van der Waals surface area contributed by atoms with E-state index in [-0.39, 0.29) is 5.91 Å². The van der Waals surface area contributed by atoms with Gasteiger partial charge in [0.25, 0.3) is 0 Å². The third-order valence-electron chi connectivity index (χ3n) is 3.92. The SMILES string of the molecule is O=C(/C=C/C=C(\Br)c1ccc(C(F)(F)F)cc1)Nc1cccc2cnccc12. The Morgan fingerprint density at radius 3 is 2.54 bits per heavy atom. The maximum absolute atomic E-state index is 12.6. The molecule has 0 fully saturated rings. The number of pyridine rings is 1. The number of nitrogens with zero attached hydrogens (tertiary/aromatic N) is 1. The van der Waals surface area contributed by atoms with Crippen molar-refractivity contribution in [1.29, 1.82) is 0 Å². The van der Waals surface area contributed by atoms with Crippen LogP contribution in [0.4, 0.5) is 18.9 Å². The molecule has 0 spiro atoms. The zero-order valence-electron chi connectivity index (χ0n) is 14.4. The predicted molar refractivity (Wildman–Crippen MR) is 108 cm³/mol. The van der Waals surface area contributed by atoms with Gasteiger partial charge < -0.3 is 5.32 Å². The van der Waals surface area contributed by atoms with E-state index in [0.717, 1.165) is 22.9 Å². The third-order valence-corrected chi connectivity index (χ3v) is 4.64. The van der Waals surface area contributed by atoms with E-state index in [0.29, 0.717) is 15.7 Å². The summed E-state index contributed by atoms with van der Waals surface area (Å²) in [4.78, 5) is 16.2. The monoisotopic (exact) mass is 446 g/mol. The molecule has 0 aliphatic heterocycles. The van der Waals surface area contributed by atoms with E-state index in [1.54, 1.807) is 24.5 Å². The molecule has 0 aliphatic rings. The van der Waals surface area contributed by atoms with Crippen molar-refractivity contribution in [1.82, 2.24) is 4.98 Å². The number of halogens is 4. The van der Waals surface area contributed by atoms with E-state index < -0.39 is 11.7 Å². The highest BCUT2D eigenvalue weighted by molar-refractivity contribution is 9.15. The molecule has 0 bridgehead atoms. The Morgan fingerprint density at radius 1 is 1.07 bits per heavy atom. The first kappa shape index (κ1) is 19.8. The van der Waals surface area contributed by atoms with Crippen LogP contribution in [0.2, 0.25) is 0 Å².